The van der Waals surface area contributed by atoms with Crippen LogP contribution in [0.2, 0.25) is 5.02 Å². The number of aliphatic hydroxyl groups excluding tert-OH is 1. The van der Waals surface area contributed by atoms with E-state index in [-0.39, 0.29) is 76.9 Å². The van der Waals surface area contributed by atoms with E-state index in [2.05, 4.69) is 35.9 Å². The number of hydrogen-bond acceptors (Lipinski definition) is 11. The van der Waals surface area contributed by atoms with Crippen molar-refractivity contribution in [3.05, 3.63) is 71.7 Å². The van der Waals surface area contributed by atoms with Gasteiger partial charge >= 0.3 is 51.4 Å². The third-order valence-corrected chi connectivity index (χ3v) is 9.24. The van der Waals surface area contributed by atoms with Crippen LogP contribution in [0.5, 0.6) is 5.75 Å². The number of morpholine rings is 1. The molecule has 2 aromatic rings. The number of allylic oxidation sites excluding steroid dienone is 1. The third kappa shape index (κ3) is 19.8. The van der Waals surface area contributed by atoms with Crippen molar-refractivity contribution in [2.24, 2.45) is 5.73 Å². The van der Waals surface area contributed by atoms with E-state index < -0.39 is 5.82 Å². The van der Waals surface area contributed by atoms with Crippen LogP contribution in [0.25, 0.3) is 11.9 Å². The summed E-state index contributed by atoms with van der Waals surface area (Å²) >= 11 is 6.16. The van der Waals surface area contributed by atoms with Crippen molar-refractivity contribution in [3.63, 3.8) is 0 Å². The Hall–Kier alpha value is -1.30. The second kappa shape index (κ2) is 31.4. The largest absolute Gasteiger partial charge is 1.00 e. The van der Waals surface area contributed by atoms with Crippen LogP contribution in [-0.4, -0.2) is 99.0 Å². The minimum absolute atomic E-state index is 0. The summed E-state index contributed by atoms with van der Waals surface area (Å²) in [6.07, 6.45) is 6.84. The summed E-state index contributed by atoms with van der Waals surface area (Å²) in [6.45, 7) is 10.8. The standard InChI is InChI=1S/C29H42ClFN4O3S2.C3H4O.CH2O2.CH3.K/c1-3-4-6-22-19-28(38-14-5-9-34-10-15-37-16-11-34)27(33-2)21-24(22)29(32)35(12-17-39-40-18-13-36)23-7-8-26(31)25(30)20-23;1-2-3-4;2-1-3;;/h6-8,19-21,33,36H,3-5,9-18,32H2,1-2H3;2-3H,1H2;1H,(H,2,3);1H3;/q;;;-1;+1/b22-6+,29-24+;;;;. The smallest absolute Gasteiger partial charge is 0.491 e. The van der Waals surface area contributed by atoms with Gasteiger partial charge < -0.3 is 43.1 Å². The number of unbranched alkanes of at least 4 members (excludes halogenated alkanes) is 1. The second-order valence-corrected chi connectivity index (χ2v) is 12.9. The van der Waals surface area contributed by atoms with Crippen molar-refractivity contribution in [2.75, 3.05) is 81.4 Å². The van der Waals surface area contributed by atoms with Crippen molar-refractivity contribution >= 4 is 69.2 Å². The summed E-state index contributed by atoms with van der Waals surface area (Å²) < 4.78 is 25.7. The zero-order valence-electron chi connectivity index (χ0n) is 29.2. The number of aldehydes is 1. The molecule has 0 unspecified atom stereocenters. The number of aliphatic hydroxyl groups is 1. The van der Waals surface area contributed by atoms with Gasteiger partial charge in [0.25, 0.3) is 6.47 Å². The molecule has 0 saturated carbocycles. The Morgan fingerprint density at radius 2 is 1.88 bits per heavy atom. The first-order chi connectivity index (χ1) is 22.8. The zero-order chi connectivity index (χ0) is 34.9. The normalized spacial score (nSPS) is 13.1. The van der Waals surface area contributed by atoms with E-state index in [1.807, 2.05) is 18.0 Å². The molecule has 3 rings (SSSR count). The minimum atomic E-state index is -0.471. The molecule has 0 aliphatic carbocycles. The molecule has 1 aliphatic heterocycles. The van der Waals surface area contributed by atoms with Gasteiger partial charge in [-0.15, -0.1) is 0 Å². The number of carbonyl (C=O) groups is 2. The molecule has 15 heteroatoms. The zero-order valence-corrected chi connectivity index (χ0v) is 34.7. The molecule has 2 aromatic carbocycles. The predicted octanol–water partition coefficient (Wildman–Crippen LogP) is 1.63. The number of carbonyl (C=O) groups excluding carboxylic acids is 1. The number of hydrogen-bond donors (Lipinski definition) is 4. The first kappa shape index (κ1) is 49.8. The maximum absolute atomic E-state index is 14.0. The molecule has 270 valence electrons. The predicted molar refractivity (Wildman–Crippen MR) is 202 cm³/mol. The first-order valence-corrected chi connectivity index (χ1v) is 18.1. The second-order valence-electron chi connectivity index (χ2n) is 9.81. The molecule has 0 atom stereocenters. The van der Waals surface area contributed by atoms with Gasteiger partial charge in [0, 0.05) is 55.6 Å². The Morgan fingerprint density at radius 1 is 1.22 bits per heavy atom. The monoisotopic (exact) mass is 768 g/mol. The third-order valence-electron chi connectivity index (χ3n) is 6.59. The molecule has 1 aliphatic rings. The molecule has 49 heavy (non-hydrogen) atoms. The molecule has 1 saturated heterocycles. The van der Waals surface area contributed by atoms with Crippen LogP contribution in [0.15, 0.2) is 43.0 Å². The van der Waals surface area contributed by atoms with Gasteiger partial charge in [-0.2, -0.15) is 0 Å². The van der Waals surface area contributed by atoms with E-state index >= 15 is 0 Å². The molecule has 0 aromatic heterocycles. The number of nitrogens with one attached hydrogen (secondary N) is 1. The number of benzene rings is 2. The van der Waals surface area contributed by atoms with Crippen molar-refractivity contribution in [1.29, 1.82) is 0 Å². The number of nitrogens with zero attached hydrogens (tertiary/aromatic N) is 2. The fourth-order valence-electron chi connectivity index (χ4n) is 4.37. The van der Waals surface area contributed by atoms with E-state index in [1.54, 1.807) is 33.7 Å². The average molecular weight is 769 g/mol. The van der Waals surface area contributed by atoms with Gasteiger partial charge in [-0.05, 0) is 54.5 Å². The molecule has 0 amide bonds. The molecule has 0 bridgehead atoms. The summed E-state index contributed by atoms with van der Waals surface area (Å²) in [5.41, 5.74) is 8.46. The quantitative estimate of drug-likeness (QED) is 0.0465. The van der Waals surface area contributed by atoms with Crippen LogP contribution in [0.3, 0.4) is 0 Å². The Kier molecular flexibility index (Phi) is 32.0. The maximum Gasteiger partial charge on any atom is 1.00 e. The van der Waals surface area contributed by atoms with Gasteiger partial charge in [0.2, 0.25) is 0 Å². The number of rotatable bonds is 17. The summed E-state index contributed by atoms with van der Waals surface area (Å²) in [7, 11) is 5.14. The van der Waals surface area contributed by atoms with Gasteiger partial charge in [0.1, 0.15) is 23.7 Å². The molecule has 10 nitrogen and oxygen atoms in total. The van der Waals surface area contributed by atoms with Crippen LogP contribution in [0.4, 0.5) is 15.8 Å². The van der Waals surface area contributed by atoms with Gasteiger partial charge in [-0.1, -0.05) is 59.2 Å². The molecule has 0 radical (unpaired) electrons. The summed E-state index contributed by atoms with van der Waals surface area (Å²) in [5, 5.41) is 21.2. The number of carboxylic acid groups (broad SMARTS) is 1. The number of ether oxygens (including phenoxy) is 2. The fraction of sp³-hybridized carbons (Fsp3) is 0.441. The minimum Gasteiger partial charge on any atom is -0.491 e. The van der Waals surface area contributed by atoms with Crippen LogP contribution in [0.1, 0.15) is 26.2 Å². The molecular weight excluding hydrogens is 718 g/mol. The molecule has 1 heterocycles. The van der Waals surface area contributed by atoms with Crippen LogP contribution < -0.4 is 82.5 Å². The van der Waals surface area contributed by atoms with Gasteiger partial charge in [-0.25, -0.2) is 4.39 Å². The summed E-state index contributed by atoms with van der Waals surface area (Å²) in [4.78, 5) is 21.8. The number of anilines is 2. The van der Waals surface area contributed by atoms with Gasteiger partial charge in [0.15, 0.2) is 0 Å². The molecule has 1 fully saturated rings. The van der Waals surface area contributed by atoms with Crippen LogP contribution in [-0.2, 0) is 14.3 Å². The van der Waals surface area contributed by atoms with E-state index in [1.165, 1.54) is 12.1 Å². The van der Waals surface area contributed by atoms with E-state index in [0.29, 0.717) is 36.7 Å². The molecule has 5 N–H and O–H groups in total. The number of halogens is 2. The SMILES string of the molecule is C=CC=O.CCC/C=c1\cc(OCCCN2CCOCC2)c(NC)c\c1=C(\N)N(CCSSCCO)c1ccc(F)c(Cl)c1.O=CO.[CH3-].[K+]. The Balaban J connectivity index is 0. The van der Waals surface area contributed by atoms with Gasteiger partial charge in [-0.3, -0.25) is 14.5 Å². The molecule has 0 spiro atoms. The summed E-state index contributed by atoms with van der Waals surface area (Å²) in [6, 6.07) is 8.75. The van der Waals surface area contributed by atoms with Crippen LogP contribution >= 0.6 is 33.2 Å². The van der Waals surface area contributed by atoms with Crippen molar-refractivity contribution in [3.8, 4) is 5.75 Å². The Bertz CT molecular complexity index is 1340. The van der Waals surface area contributed by atoms with E-state index in [9.17, 15) is 4.39 Å². The Labute approximate surface area is 346 Å². The van der Waals surface area contributed by atoms with Gasteiger partial charge in [0.05, 0.1) is 37.1 Å². The van der Waals surface area contributed by atoms with Crippen LogP contribution in [0, 0.1) is 13.2 Å². The van der Waals surface area contributed by atoms with Crippen molar-refractivity contribution < 1.29 is 85.1 Å². The number of nitrogens with two attached hydrogens (primary N) is 1. The first-order valence-electron chi connectivity index (χ1n) is 15.3. The van der Waals surface area contributed by atoms with Crippen molar-refractivity contribution in [2.45, 2.75) is 26.2 Å². The average Bonchev–Trinajstić information content (AvgIpc) is 3.09. The van der Waals surface area contributed by atoms with E-state index in [0.717, 1.165) is 79.7 Å². The molecular formula is C34H51ClFKN4O6S2. The Morgan fingerprint density at radius 3 is 2.45 bits per heavy atom. The maximum atomic E-state index is 14.0. The summed E-state index contributed by atoms with van der Waals surface area (Å²) in [5.74, 6) is 2.27. The van der Waals surface area contributed by atoms with Crippen molar-refractivity contribution in [1.82, 2.24) is 4.90 Å². The topological polar surface area (TPSA) is 138 Å². The fourth-order valence-corrected chi connectivity index (χ4v) is 6.26. The van der Waals surface area contributed by atoms with E-state index in [4.69, 9.17) is 46.6 Å².